The van der Waals surface area contributed by atoms with Gasteiger partial charge in [-0.05, 0) is 36.2 Å². The van der Waals surface area contributed by atoms with Gasteiger partial charge in [-0.15, -0.1) is 0 Å². The predicted octanol–water partition coefficient (Wildman–Crippen LogP) is 2.74. The van der Waals surface area contributed by atoms with Crippen LogP contribution in [0.3, 0.4) is 0 Å². The van der Waals surface area contributed by atoms with Crippen LogP contribution in [-0.2, 0) is 27.6 Å². The molecule has 2 aliphatic heterocycles. The van der Waals surface area contributed by atoms with E-state index in [4.69, 9.17) is 10.5 Å². The third-order valence-electron chi connectivity index (χ3n) is 5.90. The lowest BCUT2D eigenvalue weighted by molar-refractivity contribution is 0.0731. The number of primary amides is 1. The Hall–Kier alpha value is -3.51. The van der Waals surface area contributed by atoms with Gasteiger partial charge in [-0.25, -0.2) is 17.6 Å². The van der Waals surface area contributed by atoms with Gasteiger partial charge in [-0.2, -0.15) is 0 Å². The molecular formula is C24H24FN3O6S2. The van der Waals surface area contributed by atoms with Crippen molar-refractivity contribution in [3.8, 4) is 5.75 Å². The number of urea groups is 1. The highest BCUT2D eigenvalue weighted by atomic mass is 32.2. The van der Waals surface area contributed by atoms with E-state index in [1.54, 1.807) is 25.1 Å². The van der Waals surface area contributed by atoms with Crippen LogP contribution in [0.4, 0.5) is 9.18 Å². The first-order valence-corrected chi connectivity index (χ1v) is 14.2. The van der Waals surface area contributed by atoms with Crippen molar-refractivity contribution >= 4 is 48.3 Å². The fraction of sp³-hybridized carbons (Fsp3) is 0.250. The lowest BCUT2D eigenvalue weighted by atomic mass is 10.0. The maximum atomic E-state index is 15.0. The van der Waals surface area contributed by atoms with Gasteiger partial charge in [0.1, 0.15) is 23.1 Å². The summed E-state index contributed by atoms with van der Waals surface area (Å²) >= 11 is 0. The summed E-state index contributed by atoms with van der Waals surface area (Å²) in [4.78, 5) is 39.4. The minimum atomic E-state index is -3.79. The molecule has 2 heterocycles. The van der Waals surface area contributed by atoms with Crippen molar-refractivity contribution in [3.05, 3.63) is 64.6 Å². The van der Waals surface area contributed by atoms with E-state index in [-0.39, 0.29) is 37.2 Å². The number of ether oxygens (including phenoxy) is 1. The van der Waals surface area contributed by atoms with Crippen LogP contribution in [0.15, 0.2) is 41.4 Å². The Balaban J connectivity index is 1.68. The maximum Gasteiger partial charge on any atom is 0.323 e. The normalized spacial score (nSPS) is 17.4. The van der Waals surface area contributed by atoms with Crippen molar-refractivity contribution in [3.63, 3.8) is 0 Å². The molecule has 0 saturated carbocycles. The van der Waals surface area contributed by atoms with Crippen molar-refractivity contribution in [1.82, 2.24) is 9.80 Å². The van der Waals surface area contributed by atoms with Crippen molar-refractivity contribution in [1.29, 1.82) is 0 Å². The zero-order chi connectivity index (χ0) is 26.2. The Morgan fingerprint density at radius 1 is 1.25 bits per heavy atom. The van der Waals surface area contributed by atoms with Gasteiger partial charge in [-0.3, -0.25) is 14.5 Å². The number of rotatable bonds is 5. The fourth-order valence-electron chi connectivity index (χ4n) is 4.12. The average Bonchev–Trinajstić information content (AvgIpc) is 3.16. The smallest absolute Gasteiger partial charge is 0.323 e. The molecular weight excluding hydrogens is 509 g/mol. The summed E-state index contributed by atoms with van der Waals surface area (Å²) in [5.41, 5.74) is 8.97. The van der Waals surface area contributed by atoms with Crippen molar-refractivity contribution in [2.75, 3.05) is 19.4 Å². The second-order valence-corrected chi connectivity index (χ2v) is 11.8. The van der Waals surface area contributed by atoms with Gasteiger partial charge in [0.15, 0.2) is 15.5 Å². The summed E-state index contributed by atoms with van der Waals surface area (Å²) in [6, 6.07) is 7.03. The minimum absolute atomic E-state index is 0.0373. The van der Waals surface area contributed by atoms with E-state index >= 15 is 4.39 Å². The first-order valence-electron chi connectivity index (χ1n) is 10.9. The molecule has 0 fully saturated rings. The van der Waals surface area contributed by atoms with E-state index in [9.17, 15) is 22.8 Å². The van der Waals surface area contributed by atoms with Gasteiger partial charge in [0.05, 0.1) is 6.54 Å². The Morgan fingerprint density at radius 3 is 2.64 bits per heavy atom. The molecule has 2 aliphatic rings. The van der Waals surface area contributed by atoms with Crippen LogP contribution >= 0.6 is 10.5 Å². The minimum Gasteiger partial charge on any atom is -0.491 e. The zero-order valence-corrected chi connectivity index (χ0v) is 21.2. The van der Waals surface area contributed by atoms with Gasteiger partial charge in [0.2, 0.25) is 0 Å². The van der Waals surface area contributed by atoms with Crippen molar-refractivity contribution in [2.45, 2.75) is 24.8 Å². The van der Waals surface area contributed by atoms with E-state index in [1.165, 1.54) is 22.7 Å². The van der Waals surface area contributed by atoms with E-state index in [0.717, 1.165) is 22.8 Å². The summed E-state index contributed by atoms with van der Waals surface area (Å²) in [7, 11) is -4.77. The third-order valence-corrected chi connectivity index (χ3v) is 8.52. The molecule has 2 aromatic rings. The highest BCUT2D eigenvalue weighted by Crippen LogP contribution is 2.38. The van der Waals surface area contributed by atoms with Gasteiger partial charge in [0.25, 0.3) is 5.91 Å². The fourth-order valence-corrected chi connectivity index (χ4v) is 6.20. The molecule has 0 radical (unpaired) electrons. The molecule has 12 heteroatoms. The second-order valence-electron chi connectivity index (χ2n) is 8.24. The van der Waals surface area contributed by atoms with Crippen molar-refractivity contribution < 1.29 is 31.9 Å². The number of sulfone groups is 1. The monoisotopic (exact) mass is 533 g/mol. The number of hydrogen-bond acceptors (Lipinski definition) is 6. The highest BCUT2D eigenvalue weighted by Gasteiger charge is 2.27. The van der Waals surface area contributed by atoms with Crippen molar-refractivity contribution in [2.24, 2.45) is 5.73 Å². The van der Waals surface area contributed by atoms with Gasteiger partial charge in [-0.1, -0.05) is 23.5 Å². The van der Waals surface area contributed by atoms with E-state index in [1.807, 2.05) is 0 Å². The average molecular weight is 534 g/mol. The van der Waals surface area contributed by atoms with E-state index in [0.29, 0.717) is 21.8 Å². The van der Waals surface area contributed by atoms with E-state index in [2.05, 4.69) is 0 Å². The second kappa shape index (κ2) is 9.86. The number of carbonyl (C=O) groups excluding carboxylic acids is 3. The number of nitrogens with two attached hydrogens (primary N) is 1. The standard InChI is InChI=1S/C24H24FN3O6S2/c1-3-17-18(5-7-21(22(17)25)36(2,32)33)23(30)27-8-9-34-19-6-4-15(10-16(19)11-27)20-12-28(24(26)31)13-35(20)14-29/h4-7,10,12-14H,3,8-9,11H2,1-2H3,(H2,26,31). The molecule has 0 bridgehead atoms. The SMILES string of the molecule is CCc1c(C(=O)N2CCOc3ccc(C4=CN(C(N)=O)C=S4C=O)cc3C2)ccc(S(C)(=O)=O)c1F. The molecule has 190 valence electrons. The van der Waals surface area contributed by atoms with Crippen LogP contribution in [0.1, 0.15) is 34.0 Å². The Bertz CT molecular complexity index is 1450. The Morgan fingerprint density at radius 2 is 2.00 bits per heavy atom. The number of fused-ring (bicyclic) bond motifs is 1. The molecule has 0 aliphatic carbocycles. The maximum absolute atomic E-state index is 15.0. The molecule has 0 aromatic heterocycles. The lowest BCUT2D eigenvalue weighted by Crippen LogP contribution is -2.33. The van der Waals surface area contributed by atoms with Gasteiger partial charge >= 0.3 is 6.03 Å². The largest absolute Gasteiger partial charge is 0.491 e. The molecule has 1 atom stereocenters. The number of hydrogen-bond donors (Lipinski definition) is 1. The molecule has 36 heavy (non-hydrogen) atoms. The topological polar surface area (TPSA) is 127 Å². The van der Waals surface area contributed by atoms with Gasteiger partial charge in [0, 0.05) is 46.1 Å². The molecule has 1 unspecified atom stereocenters. The number of halogens is 1. The van der Waals surface area contributed by atoms with Gasteiger partial charge < -0.3 is 15.4 Å². The van der Waals surface area contributed by atoms with Crippen LogP contribution in [0.25, 0.3) is 4.91 Å². The van der Waals surface area contributed by atoms with Crippen LogP contribution in [0, 0.1) is 5.82 Å². The molecule has 2 N–H and O–H groups in total. The summed E-state index contributed by atoms with van der Waals surface area (Å²) in [5.74, 6) is -0.804. The molecule has 0 saturated heterocycles. The highest BCUT2D eigenvalue weighted by molar-refractivity contribution is 8.33. The summed E-state index contributed by atoms with van der Waals surface area (Å²) < 4.78 is 44.7. The lowest BCUT2D eigenvalue weighted by Gasteiger charge is -2.22. The number of nitrogens with zero attached hydrogens (tertiary/aromatic N) is 2. The van der Waals surface area contributed by atoms with Crippen LogP contribution < -0.4 is 10.5 Å². The zero-order valence-electron chi connectivity index (χ0n) is 19.6. The summed E-state index contributed by atoms with van der Waals surface area (Å²) in [5, 5.41) is 0. The van der Waals surface area contributed by atoms with Crippen LogP contribution in [-0.4, -0.2) is 60.7 Å². The van der Waals surface area contributed by atoms with E-state index < -0.39 is 43.0 Å². The molecule has 0 spiro atoms. The molecule has 4 rings (SSSR count). The van der Waals surface area contributed by atoms with Crippen LogP contribution in [0.2, 0.25) is 0 Å². The number of amides is 3. The summed E-state index contributed by atoms with van der Waals surface area (Å²) in [6.45, 7) is 2.23. The summed E-state index contributed by atoms with van der Waals surface area (Å²) in [6.07, 6.45) is 2.56. The number of carbonyl (C=O) groups is 3. The quantitative estimate of drug-likeness (QED) is 0.465. The third kappa shape index (κ3) is 4.78. The predicted molar refractivity (Wildman–Crippen MR) is 135 cm³/mol. The molecule has 9 nitrogen and oxygen atoms in total. The molecule has 3 amide bonds. The Labute approximate surface area is 210 Å². The first-order chi connectivity index (χ1) is 17.0. The first kappa shape index (κ1) is 25.6. The number of benzene rings is 2. The van der Waals surface area contributed by atoms with Crippen LogP contribution in [0.5, 0.6) is 5.75 Å². The Kier molecular flexibility index (Phi) is 7.01. The molecule has 2 aromatic carbocycles.